The summed E-state index contributed by atoms with van der Waals surface area (Å²) in [4.78, 5) is 36.9. The number of carboxylic acids is 3. The van der Waals surface area contributed by atoms with Crippen molar-refractivity contribution in [2.24, 2.45) is 7.05 Å². The zero-order valence-electron chi connectivity index (χ0n) is 26.4. The van der Waals surface area contributed by atoms with Crippen LogP contribution < -0.4 is 0 Å². The quantitative estimate of drug-likeness (QED) is 0.312. The summed E-state index contributed by atoms with van der Waals surface area (Å²) in [6.45, 7) is 8.67. The van der Waals surface area contributed by atoms with Crippen LogP contribution in [0.2, 0.25) is 0 Å². The maximum Gasteiger partial charge on any atom is 0.490 e. The van der Waals surface area contributed by atoms with Crippen molar-refractivity contribution >= 4 is 17.9 Å². The highest BCUT2D eigenvalue weighted by Gasteiger charge is 2.46. The standard InChI is InChI=1S/C23H30N6.3C2HF3O2/c1-3-28-13-14-29-21(20-7-5-4-6-8-20)16-24-22(29)23(28)9-11-27(12-10-23)18-19-15-25-26(2)17-19;3*3-2(4,5)1(6)7/h4-8,15-17H,3,9-14,18H2,1-2H3;3*(H,6,7). The molecule has 0 unspecified atom stereocenters. The van der Waals surface area contributed by atoms with E-state index in [1.165, 1.54) is 22.6 Å². The van der Waals surface area contributed by atoms with Gasteiger partial charge in [-0.2, -0.15) is 44.6 Å². The lowest BCUT2D eigenvalue weighted by atomic mass is 9.83. The molecular weight excluding hydrogens is 699 g/mol. The monoisotopic (exact) mass is 732 g/mol. The van der Waals surface area contributed by atoms with Crippen molar-refractivity contribution in [3.8, 4) is 11.3 Å². The van der Waals surface area contributed by atoms with Gasteiger partial charge in [0, 0.05) is 51.5 Å². The molecule has 0 atom stereocenters. The van der Waals surface area contributed by atoms with E-state index in [0.717, 1.165) is 52.1 Å². The average molecular weight is 733 g/mol. The number of piperidine rings is 1. The first-order valence-electron chi connectivity index (χ1n) is 14.5. The fraction of sp³-hybridized carbons (Fsp3) is 0.483. The largest absolute Gasteiger partial charge is 0.490 e. The predicted octanol–water partition coefficient (Wildman–Crippen LogP) is 5.01. The van der Waals surface area contributed by atoms with E-state index in [1.807, 2.05) is 17.9 Å². The third-order valence-electron chi connectivity index (χ3n) is 7.50. The number of carboxylic acid groups (broad SMARTS) is 3. The van der Waals surface area contributed by atoms with E-state index < -0.39 is 36.4 Å². The number of halogens is 9. The molecule has 1 saturated heterocycles. The van der Waals surface area contributed by atoms with E-state index in [0.29, 0.717) is 0 Å². The van der Waals surface area contributed by atoms with Crippen molar-refractivity contribution in [2.45, 2.75) is 56.9 Å². The number of nitrogens with zero attached hydrogens (tertiary/aromatic N) is 6. The number of aromatic nitrogens is 4. The molecule has 4 heterocycles. The molecule has 5 rings (SSSR count). The van der Waals surface area contributed by atoms with Crippen molar-refractivity contribution in [1.29, 1.82) is 0 Å². The molecular formula is C29H33F9N6O6. The van der Waals surface area contributed by atoms with Gasteiger partial charge in [-0.05, 0) is 24.9 Å². The second-order valence-electron chi connectivity index (χ2n) is 10.8. The van der Waals surface area contributed by atoms with Gasteiger partial charge in [-0.15, -0.1) is 0 Å². The molecule has 50 heavy (non-hydrogen) atoms. The van der Waals surface area contributed by atoms with Crippen LogP contribution in [0.3, 0.4) is 0 Å². The highest BCUT2D eigenvalue weighted by molar-refractivity contribution is 5.73. The van der Waals surface area contributed by atoms with Crippen LogP contribution in [0.4, 0.5) is 39.5 Å². The van der Waals surface area contributed by atoms with Gasteiger partial charge in [-0.1, -0.05) is 37.3 Å². The minimum Gasteiger partial charge on any atom is -0.475 e. The molecule has 2 aliphatic heterocycles. The number of alkyl halides is 9. The highest BCUT2D eigenvalue weighted by Crippen LogP contribution is 2.42. The molecule has 278 valence electrons. The topological polar surface area (TPSA) is 154 Å². The van der Waals surface area contributed by atoms with Crippen LogP contribution in [0.25, 0.3) is 11.3 Å². The molecule has 1 spiro atoms. The molecule has 12 nitrogen and oxygen atoms in total. The summed E-state index contributed by atoms with van der Waals surface area (Å²) >= 11 is 0. The van der Waals surface area contributed by atoms with Crippen molar-refractivity contribution in [1.82, 2.24) is 29.1 Å². The first kappa shape index (κ1) is 41.5. The van der Waals surface area contributed by atoms with Crippen LogP contribution in [0, 0.1) is 0 Å². The lowest BCUT2D eigenvalue weighted by Gasteiger charge is -2.50. The Labute approximate surface area is 278 Å². The summed E-state index contributed by atoms with van der Waals surface area (Å²) in [6, 6.07) is 10.7. The summed E-state index contributed by atoms with van der Waals surface area (Å²) < 4.78 is 99.6. The van der Waals surface area contributed by atoms with Gasteiger partial charge in [-0.25, -0.2) is 19.4 Å². The molecule has 0 saturated carbocycles. The lowest BCUT2D eigenvalue weighted by Crippen LogP contribution is -2.57. The Bertz CT molecular complexity index is 1510. The summed E-state index contributed by atoms with van der Waals surface area (Å²) in [7, 11) is 1.99. The van der Waals surface area contributed by atoms with Crippen LogP contribution >= 0.6 is 0 Å². The third-order valence-corrected chi connectivity index (χ3v) is 7.50. The number of aliphatic carboxylic acids is 3. The molecule has 3 aromatic rings. The van der Waals surface area contributed by atoms with E-state index in [-0.39, 0.29) is 5.54 Å². The Kier molecular flexibility index (Phi) is 14.0. The fourth-order valence-corrected chi connectivity index (χ4v) is 5.28. The zero-order chi connectivity index (χ0) is 38.1. The number of fused-ring (bicyclic) bond motifs is 2. The Balaban J connectivity index is 0.000000338. The van der Waals surface area contributed by atoms with Crippen molar-refractivity contribution in [3.05, 3.63) is 60.3 Å². The van der Waals surface area contributed by atoms with Crippen LogP contribution in [-0.2, 0) is 40.1 Å². The molecule has 1 aromatic carbocycles. The van der Waals surface area contributed by atoms with E-state index in [4.69, 9.17) is 34.7 Å². The van der Waals surface area contributed by atoms with Gasteiger partial charge < -0.3 is 19.9 Å². The number of rotatable bonds is 4. The van der Waals surface area contributed by atoms with Crippen LogP contribution in [-0.4, -0.2) is 107 Å². The first-order valence-corrected chi connectivity index (χ1v) is 14.5. The number of benzene rings is 1. The number of likely N-dealkylation sites (N-methyl/N-ethyl adjacent to an activating group) is 1. The fourth-order valence-electron chi connectivity index (χ4n) is 5.28. The van der Waals surface area contributed by atoms with Crippen LogP contribution in [0.1, 0.15) is 31.2 Å². The predicted molar refractivity (Wildman–Crippen MR) is 155 cm³/mol. The van der Waals surface area contributed by atoms with Crippen molar-refractivity contribution < 1.29 is 69.2 Å². The Morgan fingerprint density at radius 1 is 0.780 bits per heavy atom. The zero-order valence-corrected chi connectivity index (χ0v) is 26.4. The van der Waals surface area contributed by atoms with Gasteiger partial charge in [0.15, 0.2) is 0 Å². The molecule has 0 amide bonds. The SMILES string of the molecule is CCN1CCn2c(-c3ccccc3)cnc2C12CCN(Cc1cnn(C)c1)CC2.O=C(O)C(F)(F)F.O=C(O)C(F)(F)F.O=C(O)C(F)(F)F. The molecule has 2 aliphatic rings. The number of aryl methyl sites for hydroxylation is 1. The first-order chi connectivity index (χ1) is 23.0. The summed E-state index contributed by atoms with van der Waals surface area (Å²) in [5.41, 5.74) is 3.88. The minimum atomic E-state index is -5.08. The van der Waals surface area contributed by atoms with Gasteiger partial charge in [0.1, 0.15) is 5.82 Å². The lowest BCUT2D eigenvalue weighted by molar-refractivity contribution is -0.193. The van der Waals surface area contributed by atoms with Gasteiger partial charge in [0.2, 0.25) is 0 Å². The summed E-state index contributed by atoms with van der Waals surface area (Å²) in [5, 5.41) is 25.7. The molecule has 0 bridgehead atoms. The molecule has 1 fully saturated rings. The van der Waals surface area contributed by atoms with Crippen LogP contribution in [0.15, 0.2) is 48.9 Å². The average Bonchev–Trinajstić information content (AvgIpc) is 3.65. The van der Waals surface area contributed by atoms with E-state index in [1.54, 1.807) is 0 Å². The minimum absolute atomic E-state index is 0.0610. The Morgan fingerprint density at radius 3 is 1.66 bits per heavy atom. The van der Waals surface area contributed by atoms with E-state index in [2.05, 4.69) is 69.1 Å². The Morgan fingerprint density at radius 2 is 1.26 bits per heavy atom. The highest BCUT2D eigenvalue weighted by atomic mass is 19.4. The summed E-state index contributed by atoms with van der Waals surface area (Å²) in [5.74, 6) is -7.00. The Hall–Kier alpha value is -4.66. The summed E-state index contributed by atoms with van der Waals surface area (Å²) in [6.07, 6.45) is -6.78. The molecule has 0 aliphatic carbocycles. The van der Waals surface area contributed by atoms with Gasteiger partial charge in [-0.3, -0.25) is 14.5 Å². The normalized spacial score (nSPS) is 16.1. The van der Waals surface area contributed by atoms with Gasteiger partial charge in [0.25, 0.3) is 0 Å². The van der Waals surface area contributed by atoms with Gasteiger partial charge in [0.05, 0.1) is 23.6 Å². The molecule has 2 aromatic heterocycles. The molecule has 0 radical (unpaired) electrons. The second kappa shape index (κ2) is 16.8. The number of carbonyl (C=O) groups is 3. The van der Waals surface area contributed by atoms with Crippen molar-refractivity contribution in [3.63, 3.8) is 0 Å². The van der Waals surface area contributed by atoms with Crippen LogP contribution in [0.5, 0.6) is 0 Å². The smallest absolute Gasteiger partial charge is 0.475 e. The maximum atomic E-state index is 10.6. The number of hydrogen-bond donors (Lipinski definition) is 3. The molecule has 3 N–H and O–H groups in total. The maximum absolute atomic E-state index is 10.6. The second-order valence-corrected chi connectivity index (χ2v) is 10.8. The number of hydrogen-bond acceptors (Lipinski definition) is 7. The third kappa shape index (κ3) is 11.5. The van der Waals surface area contributed by atoms with E-state index in [9.17, 15) is 39.5 Å². The van der Waals surface area contributed by atoms with Crippen molar-refractivity contribution in [2.75, 3.05) is 26.2 Å². The van der Waals surface area contributed by atoms with E-state index >= 15 is 0 Å². The number of likely N-dealkylation sites (tertiary alicyclic amines) is 1. The molecule has 21 heteroatoms. The number of imidazole rings is 1. The van der Waals surface area contributed by atoms with Gasteiger partial charge >= 0.3 is 36.4 Å².